The van der Waals surface area contributed by atoms with Gasteiger partial charge in [0.1, 0.15) is 5.70 Å². The van der Waals surface area contributed by atoms with Gasteiger partial charge < -0.3 is 26.2 Å². The average Bonchev–Trinajstić information content (AvgIpc) is 2.66. The van der Waals surface area contributed by atoms with Crippen molar-refractivity contribution in [3.63, 3.8) is 0 Å². The largest absolute Gasteiger partial charge is 0.761 e. The molecule has 0 aromatic heterocycles. The van der Waals surface area contributed by atoms with Crippen LogP contribution >= 0.6 is 0 Å². The number of carbonyl (C=O) groups excluding carboxylic acids is 1. The second-order valence-corrected chi connectivity index (χ2v) is 7.75. The van der Waals surface area contributed by atoms with Crippen molar-refractivity contribution >= 4 is 27.9 Å². The number of ether oxygens (including phenoxy) is 1. The van der Waals surface area contributed by atoms with Gasteiger partial charge in [-0.1, -0.05) is 6.07 Å². The van der Waals surface area contributed by atoms with Crippen LogP contribution in [0, 0.1) is 10.6 Å². The fourth-order valence-electron chi connectivity index (χ4n) is 2.96. The first kappa shape index (κ1) is 21.0. The summed E-state index contributed by atoms with van der Waals surface area (Å²) in [6.45, 7) is 2.10. The first-order chi connectivity index (χ1) is 12.9. The van der Waals surface area contributed by atoms with Gasteiger partial charge in [0.25, 0.3) is 0 Å². The number of nitrogens with two attached hydrogens (primary N) is 1. The zero-order valence-electron chi connectivity index (χ0n) is 15.0. The highest BCUT2D eigenvalue weighted by atomic mass is 32.2. The van der Waals surface area contributed by atoms with Gasteiger partial charge in [-0.3, -0.25) is 0 Å². The van der Waals surface area contributed by atoms with Gasteiger partial charge in [-0.15, -0.1) is 0 Å². The summed E-state index contributed by atoms with van der Waals surface area (Å²) in [6.07, 6.45) is 3.05. The molecule has 1 atom stereocenters. The van der Waals surface area contributed by atoms with E-state index in [1.54, 1.807) is 17.7 Å². The second kappa shape index (κ2) is 9.60. The Morgan fingerprint density at radius 3 is 2.93 bits per heavy atom. The molecule has 0 saturated heterocycles. The summed E-state index contributed by atoms with van der Waals surface area (Å²) in [5.41, 5.74) is 3.12. The molecule has 0 heterocycles. The van der Waals surface area contributed by atoms with Gasteiger partial charge in [-0.25, -0.2) is 17.9 Å². The Morgan fingerprint density at radius 2 is 2.26 bits per heavy atom. The van der Waals surface area contributed by atoms with Crippen LogP contribution in [0.15, 0.2) is 40.4 Å². The molecule has 1 aromatic rings. The Labute approximate surface area is 158 Å². The van der Waals surface area contributed by atoms with Crippen molar-refractivity contribution in [3.05, 3.63) is 40.7 Å². The van der Waals surface area contributed by atoms with Crippen molar-refractivity contribution in [2.45, 2.75) is 37.1 Å². The summed E-state index contributed by atoms with van der Waals surface area (Å²) in [5, 5.41) is 20.2. The molecular weight excluding hydrogens is 372 g/mol. The van der Waals surface area contributed by atoms with E-state index >= 15 is 0 Å². The van der Waals surface area contributed by atoms with E-state index in [1.807, 2.05) is 0 Å². The lowest BCUT2D eigenvalue weighted by Gasteiger charge is -2.25. The molecule has 9 nitrogen and oxygen atoms in total. The third kappa shape index (κ3) is 5.60. The standard InChI is InChI=1S/C17H23N4O5S/c1-2-26-17(22)11-19-15-7-4-8-16(14(15)10-18)21-27(24,25)13-6-3-5-12(9-13)20-23/h3,5-6,9-10,16,18-21H,2,4,7-8,11H2,1H3/q-1/p+1. The zero-order chi connectivity index (χ0) is 19.9. The highest BCUT2D eigenvalue weighted by Gasteiger charge is 2.29. The molecule has 0 amide bonds. The van der Waals surface area contributed by atoms with E-state index in [2.05, 4.69) is 4.72 Å². The monoisotopic (exact) mass is 396 g/mol. The number of hydrogen-bond acceptors (Lipinski definition) is 7. The normalized spacial score (nSPS) is 17.5. The van der Waals surface area contributed by atoms with Crippen molar-refractivity contribution < 1.29 is 23.3 Å². The summed E-state index contributed by atoms with van der Waals surface area (Å²) >= 11 is 0. The number of nitrogens with one attached hydrogen (secondary N) is 3. The third-order valence-electron chi connectivity index (χ3n) is 4.22. The lowest BCUT2D eigenvalue weighted by atomic mass is 9.92. The van der Waals surface area contributed by atoms with Gasteiger partial charge in [0.2, 0.25) is 10.0 Å². The molecule has 27 heavy (non-hydrogen) atoms. The van der Waals surface area contributed by atoms with Gasteiger partial charge in [-0.2, -0.15) is 0 Å². The Morgan fingerprint density at radius 1 is 1.48 bits per heavy atom. The molecule has 0 radical (unpaired) electrons. The first-order valence-corrected chi connectivity index (χ1v) is 10.1. The van der Waals surface area contributed by atoms with E-state index in [0.29, 0.717) is 25.0 Å². The SMILES string of the molecule is CCOC(=O)C[NH2+]C1=C(C=N)C(NS(=O)(=O)c2cccc(N[O-])c2)CCC1. The summed E-state index contributed by atoms with van der Waals surface area (Å²) < 4.78 is 32.8. The molecule has 0 aliphatic heterocycles. The molecule has 0 saturated carbocycles. The number of benzene rings is 1. The number of quaternary nitrogens is 1. The minimum atomic E-state index is -3.87. The molecule has 10 heteroatoms. The average molecular weight is 396 g/mol. The lowest BCUT2D eigenvalue weighted by molar-refractivity contribution is -0.600. The maximum Gasteiger partial charge on any atom is 0.362 e. The molecule has 148 valence electrons. The van der Waals surface area contributed by atoms with Gasteiger partial charge in [0, 0.05) is 23.9 Å². The number of carbonyl (C=O) groups is 1. The minimum Gasteiger partial charge on any atom is -0.761 e. The molecule has 1 aliphatic carbocycles. The fraction of sp³-hybridized carbons (Fsp3) is 0.412. The predicted octanol–water partition coefficient (Wildman–Crippen LogP) is 0.457. The zero-order valence-corrected chi connectivity index (χ0v) is 15.8. The number of anilines is 1. The second-order valence-electron chi connectivity index (χ2n) is 6.03. The van der Waals surface area contributed by atoms with Crippen LogP contribution in [-0.2, 0) is 19.6 Å². The Hall–Kier alpha value is -2.27. The van der Waals surface area contributed by atoms with Gasteiger partial charge in [0.05, 0.1) is 17.5 Å². The third-order valence-corrected chi connectivity index (χ3v) is 5.69. The van der Waals surface area contributed by atoms with Crippen LogP contribution in [0.3, 0.4) is 0 Å². The number of esters is 1. The van der Waals surface area contributed by atoms with Crippen molar-refractivity contribution in [2.24, 2.45) is 0 Å². The van der Waals surface area contributed by atoms with Gasteiger partial charge in [0.15, 0.2) is 6.54 Å². The summed E-state index contributed by atoms with van der Waals surface area (Å²) in [5.74, 6) is -0.362. The summed E-state index contributed by atoms with van der Waals surface area (Å²) in [6, 6.07) is 5.02. The number of sulfonamides is 1. The molecule has 5 N–H and O–H groups in total. The van der Waals surface area contributed by atoms with Crippen LogP contribution < -0.4 is 15.5 Å². The Kier molecular flexibility index (Phi) is 7.48. The predicted molar refractivity (Wildman–Crippen MR) is 101 cm³/mol. The summed E-state index contributed by atoms with van der Waals surface area (Å²) in [4.78, 5) is 11.5. The van der Waals surface area contributed by atoms with E-state index < -0.39 is 16.1 Å². The molecule has 2 rings (SSSR count). The number of hydrogen-bond donors (Lipinski definition) is 4. The van der Waals surface area contributed by atoms with Crippen LogP contribution in [0.25, 0.3) is 0 Å². The molecular formula is C17H24N4O5S. The highest BCUT2D eigenvalue weighted by Crippen LogP contribution is 2.23. The number of allylic oxidation sites excluding steroid dienone is 1. The lowest BCUT2D eigenvalue weighted by Crippen LogP contribution is -2.85. The van der Waals surface area contributed by atoms with Gasteiger partial charge in [-0.05, 0) is 38.0 Å². The van der Waals surface area contributed by atoms with E-state index in [4.69, 9.17) is 10.1 Å². The quantitative estimate of drug-likeness (QED) is 0.271. The summed E-state index contributed by atoms with van der Waals surface area (Å²) in [7, 11) is -3.87. The van der Waals surface area contributed by atoms with Crippen LogP contribution in [-0.4, -0.2) is 39.8 Å². The Bertz CT molecular complexity index is 822. The minimum absolute atomic E-state index is 0.0321. The molecule has 0 bridgehead atoms. The van der Waals surface area contributed by atoms with Crippen LogP contribution in [0.1, 0.15) is 26.2 Å². The van der Waals surface area contributed by atoms with Crippen LogP contribution in [0.2, 0.25) is 0 Å². The maximum absolute atomic E-state index is 12.7. The fourth-order valence-corrected chi connectivity index (χ4v) is 4.26. The van der Waals surface area contributed by atoms with Crippen LogP contribution in [0.5, 0.6) is 0 Å². The molecule has 1 unspecified atom stereocenters. The maximum atomic E-state index is 12.7. The van der Waals surface area contributed by atoms with Gasteiger partial charge >= 0.3 is 5.97 Å². The van der Waals surface area contributed by atoms with Crippen molar-refractivity contribution in [1.82, 2.24) is 4.72 Å². The van der Waals surface area contributed by atoms with Crippen molar-refractivity contribution in [1.29, 1.82) is 5.41 Å². The van der Waals surface area contributed by atoms with E-state index in [1.165, 1.54) is 24.3 Å². The Balaban J connectivity index is 2.19. The molecule has 0 spiro atoms. The molecule has 1 aliphatic rings. The van der Waals surface area contributed by atoms with Crippen LogP contribution in [0.4, 0.5) is 5.69 Å². The van der Waals surface area contributed by atoms with Crippen molar-refractivity contribution in [2.75, 3.05) is 18.6 Å². The van der Waals surface area contributed by atoms with Crippen molar-refractivity contribution in [3.8, 4) is 0 Å². The highest BCUT2D eigenvalue weighted by molar-refractivity contribution is 7.89. The first-order valence-electron chi connectivity index (χ1n) is 8.64. The van der Waals surface area contributed by atoms with E-state index in [9.17, 15) is 18.4 Å². The number of rotatable bonds is 9. The molecule has 0 fully saturated rings. The van der Waals surface area contributed by atoms with E-state index in [-0.39, 0.29) is 23.1 Å². The molecule has 1 aromatic carbocycles. The smallest absolute Gasteiger partial charge is 0.362 e. The topological polar surface area (TPSA) is 148 Å². The van der Waals surface area contributed by atoms with E-state index in [0.717, 1.165) is 18.3 Å².